The van der Waals surface area contributed by atoms with E-state index in [4.69, 9.17) is 0 Å². The number of aryl methyl sites for hydroxylation is 1. The van der Waals surface area contributed by atoms with Gasteiger partial charge in [0.2, 0.25) is 0 Å². The van der Waals surface area contributed by atoms with E-state index in [1.807, 2.05) is 6.92 Å². The smallest absolute Gasteiger partial charge is 0.266 e. The average Bonchev–Trinajstić information content (AvgIpc) is 3.16. The monoisotopic (exact) mass is 382 g/mol. The molecule has 0 amide bonds. The Bertz CT molecular complexity index is 1010. The minimum atomic E-state index is -0.0503. The highest BCUT2D eigenvalue weighted by Crippen LogP contribution is 2.21. The van der Waals surface area contributed by atoms with Crippen LogP contribution < -0.4 is 10.9 Å². The molecule has 0 aromatic carbocycles. The molecule has 1 N–H and O–H groups in total. The third-order valence-corrected chi connectivity index (χ3v) is 5.55. The van der Waals surface area contributed by atoms with Crippen LogP contribution in [0.3, 0.4) is 0 Å². The molecule has 1 unspecified atom stereocenters. The van der Waals surface area contributed by atoms with Crippen molar-refractivity contribution in [2.75, 3.05) is 25.0 Å². The van der Waals surface area contributed by atoms with E-state index in [2.05, 4.69) is 37.3 Å². The first kappa shape index (κ1) is 18.5. The first-order valence-corrected chi connectivity index (χ1v) is 9.80. The van der Waals surface area contributed by atoms with Gasteiger partial charge in [-0.15, -0.1) is 0 Å². The molecule has 4 rings (SSSR count). The fraction of sp³-hybridized carbons (Fsp3) is 0.526. The zero-order chi connectivity index (χ0) is 19.5. The van der Waals surface area contributed by atoms with Gasteiger partial charge >= 0.3 is 0 Å². The van der Waals surface area contributed by atoms with Crippen molar-refractivity contribution < 1.29 is 0 Å². The van der Waals surface area contributed by atoms with Crippen molar-refractivity contribution in [3.8, 4) is 0 Å². The fourth-order valence-corrected chi connectivity index (χ4v) is 3.82. The lowest BCUT2D eigenvalue weighted by molar-refractivity contribution is 0.148. The topological polar surface area (TPSA) is 93.2 Å². The van der Waals surface area contributed by atoms with Gasteiger partial charge in [0.15, 0.2) is 0 Å². The molecule has 28 heavy (non-hydrogen) atoms. The molecule has 3 aromatic rings. The number of hydrogen-bond donors (Lipinski definition) is 1. The Morgan fingerprint density at radius 3 is 2.96 bits per heavy atom. The van der Waals surface area contributed by atoms with Crippen LogP contribution in [0.1, 0.15) is 30.5 Å². The second-order valence-corrected chi connectivity index (χ2v) is 7.29. The first-order valence-electron chi connectivity index (χ1n) is 9.80. The Balaban J connectivity index is 1.46. The summed E-state index contributed by atoms with van der Waals surface area (Å²) in [6, 6.07) is 3.64. The van der Waals surface area contributed by atoms with Crippen LogP contribution >= 0.6 is 0 Å². The molecule has 1 fully saturated rings. The van der Waals surface area contributed by atoms with Crippen molar-refractivity contribution in [3.05, 3.63) is 46.3 Å². The molecule has 9 nitrogen and oxygen atoms in total. The fourth-order valence-electron chi connectivity index (χ4n) is 3.82. The maximum atomic E-state index is 11.9. The van der Waals surface area contributed by atoms with Crippen LogP contribution in [0.5, 0.6) is 0 Å². The van der Waals surface area contributed by atoms with E-state index >= 15 is 0 Å². The van der Waals surface area contributed by atoms with Gasteiger partial charge in [-0.25, -0.2) is 9.67 Å². The third-order valence-electron chi connectivity index (χ3n) is 5.55. The molecule has 0 bridgehead atoms. The lowest BCUT2D eigenvalue weighted by atomic mass is 10.0. The molecule has 9 heteroatoms. The summed E-state index contributed by atoms with van der Waals surface area (Å²) in [4.78, 5) is 23.0. The van der Waals surface area contributed by atoms with Gasteiger partial charge in [-0.1, -0.05) is 6.42 Å². The number of fused-ring (bicyclic) bond motifs is 1. The minimum absolute atomic E-state index is 0.0503. The zero-order valence-electron chi connectivity index (χ0n) is 16.4. The number of nitrogens with zero attached hydrogens (tertiary/aromatic N) is 7. The van der Waals surface area contributed by atoms with E-state index in [1.54, 1.807) is 22.8 Å². The van der Waals surface area contributed by atoms with Crippen molar-refractivity contribution in [2.24, 2.45) is 0 Å². The largest absolute Gasteiger partial charge is 0.368 e. The summed E-state index contributed by atoms with van der Waals surface area (Å²) in [5.41, 5.74) is 1.99. The Kier molecular flexibility index (Phi) is 5.34. The molecular weight excluding hydrogens is 356 g/mol. The Hall–Kier alpha value is -2.81. The summed E-state index contributed by atoms with van der Waals surface area (Å²) in [6.07, 6.45) is 6.74. The van der Waals surface area contributed by atoms with Crippen molar-refractivity contribution >= 4 is 11.6 Å². The van der Waals surface area contributed by atoms with Gasteiger partial charge in [0.1, 0.15) is 12.1 Å². The van der Waals surface area contributed by atoms with Gasteiger partial charge in [0.05, 0.1) is 6.54 Å². The van der Waals surface area contributed by atoms with Crippen LogP contribution in [0, 0.1) is 13.8 Å². The summed E-state index contributed by atoms with van der Waals surface area (Å²) in [5.74, 6) is 1.56. The predicted molar refractivity (Wildman–Crippen MR) is 106 cm³/mol. The average molecular weight is 382 g/mol. The Morgan fingerprint density at radius 1 is 1.21 bits per heavy atom. The van der Waals surface area contributed by atoms with Gasteiger partial charge in [-0.2, -0.15) is 19.7 Å². The second kappa shape index (κ2) is 8.05. The van der Waals surface area contributed by atoms with Crippen molar-refractivity contribution in [1.82, 2.24) is 34.3 Å². The third kappa shape index (κ3) is 3.75. The van der Waals surface area contributed by atoms with Crippen LogP contribution in [0.25, 0.3) is 5.78 Å². The summed E-state index contributed by atoms with van der Waals surface area (Å²) in [5, 5.41) is 12.1. The van der Waals surface area contributed by atoms with E-state index in [-0.39, 0.29) is 5.56 Å². The molecule has 0 spiro atoms. The molecule has 4 heterocycles. The van der Waals surface area contributed by atoms with Gasteiger partial charge < -0.3 is 5.32 Å². The van der Waals surface area contributed by atoms with Crippen LogP contribution in [0.2, 0.25) is 0 Å². The minimum Gasteiger partial charge on any atom is -0.368 e. The van der Waals surface area contributed by atoms with E-state index in [0.29, 0.717) is 18.4 Å². The number of rotatable bonds is 6. The highest BCUT2D eigenvalue weighted by molar-refractivity contribution is 5.51. The van der Waals surface area contributed by atoms with Crippen LogP contribution in [-0.2, 0) is 6.54 Å². The molecule has 1 saturated heterocycles. The van der Waals surface area contributed by atoms with Gasteiger partial charge in [-0.3, -0.25) is 9.69 Å². The van der Waals surface area contributed by atoms with E-state index in [1.165, 1.54) is 23.9 Å². The summed E-state index contributed by atoms with van der Waals surface area (Å²) in [6.45, 7) is 7.33. The molecule has 0 radical (unpaired) electrons. The van der Waals surface area contributed by atoms with Gasteiger partial charge in [0.25, 0.3) is 11.3 Å². The summed E-state index contributed by atoms with van der Waals surface area (Å²) >= 11 is 0. The Morgan fingerprint density at radius 2 is 2.11 bits per heavy atom. The lowest BCUT2D eigenvalue weighted by Gasteiger charge is -2.36. The van der Waals surface area contributed by atoms with Gasteiger partial charge in [-0.05, 0) is 39.3 Å². The number of nitrogens with one attached hydrogen (secondary N) is 1. The predicted octanol–water partition coefficient (Wildman–Crippen LogP) is 1.26. The molecule has 148 valence electrons. The maximum absolute atomic E-state index is 11.9. The zero-order valence-corrected chi connectivity index (χ0v) is 16.4. The maximum Gasteiger partial charge on any atom is 0.266 e. The normalized spacial score (nSPS) is 17.9. The Labute approximate surface area is 163 Å². The van der Waals surface area contributed by atoms with Crippen molar-refractivity contribution in [1.29, 1.82) is 0 Å². The van der Waals surface area contributed by atoms with E-state index in [9.17, 15) is 4.79 Å². The van der Waals surface area contributed by atoms with E-state index < -0.39 is 0 Å². The number of anilines is 1. The SMILES string of the molecule is Cc1nc2ncnn2c(NCC2CCCCN2CCn2ncccc2=O)c1C. The first-order chi connectivity index (χ1) is 13.6. The van der Waals surface area contributed by atoms with E-state index in [0.717, 1.165) is 43.1 Å². The number of piperidine rings is 1. The number of likely N-dealkylation sites (tertiary alicyclic amines) is 1. The molecular formula is C19H26N8O. The van der Waals surface area contributed by atoms with Crippen molar-refractivity contribution in [2.45, 2.75) is 45.7 Å². The lowest BCUT2D eigenvalue weighted by Crippen LogP contribution is -2.45. The highest BCUT2D eigenvalue weighted by Gasteiger charge is 2.23. The van der Waals surface area contributed by atoms with Crippen LogP contribution in [0.4, 0.5) is 5.82 Å². The molecule has 0 saturated carbocycles. The molecule has 3 aromatic heterocycles. The second-order valence-electron chi connectivity index (χ2n) is 7.29. The molecule has 1 atom stereocenters. The summed E-state index contributed by atoms with van der Waals surface area (Å²) < 4.78 is 3.30. The van der Waals surface area contributed by atoms with Gasteiger partial charge in [0, 0.05) is 42.7 Å². The van der Waals surface area contributed by atoms with Crippen molar-refractivity contribution in [3.63, 3.8) is 0 Å². The molecule has 1 aliphatic rings. The standard InChI is InChI=1S/C19H26N8O/c1-14-15(2)24-19-21-13-23-27(19)18(14)20-12-16-6-3-4-9-25(16)10-11-26-17(28)7-5-8-22-26/h5,7-8,13,16,20H,3-4,6,9-12H2,1-2H3. The highest BCUT2D eigenvalue weighted by atomic mass is 16.1. The molecule has 1 aliphatic heterocycles. The number of hydrogen-bond acceptors (Lipinski definition) is 7. The number of aromatic nitrogens is 6. The van der Waals surface area contributed by atoms with Crippen LogP contribution in [-0.4, -0.2) is 59.9 Å². The quantitative estimate of drug-likeness (QED) is 0.686. The van der Waals surface area contributed by atoms with Crippen LogP contribution in [0.15, 0.2) is 29.5 Å². The molecule has 0 aliphatic carbocycles. The summed E-state index contributed by atoms with van der Waals surface area (Å²) in [7, 11) is 0.